The van der Waals surface area contributed by atoms with Gasteiger partial charge in [-0.3, -0.25) is 4.90 Å². The number of hydrogen-bond donors (Lipinski definition) is 0. The number of benzene rings is 1. The van der Waals surface area contributed by atoms with Crippen LogP contribution in [0.3, 0.4) is 0 Å². The topological polar surface area (TPSA) is 29.5 Å². The molecule has 0 unspecified atom stereocenters. The van der Waals surface area contributed by atoms with Crippen LogP contribution in [0.5, 0.6) is 0 Å². The van der Waals surface area contributed by atoms with E-state index >= 15 is 0 Å². The van der Waals surface area contributed by atoms with Gasteiger partial charge in [0.15, 0.2) is 0 Å². The first-order valence-corrected chi connectivity index (χ1v) is 4.89. The third kappa shape index (κ3) is 1.93. The molecular formula is C11H12FNO2. The molecule has 0 atom stereocenters. The van der Waals surface area contributed by atoms with E-state index in [-0.39, 0.29) is 5.82 Å². The van der Waals surface area contributed by atoms with Crippen LogP contribution in [0.2, 0.25) is 0 Å². The number of rotatable bonds is 1. The number of carbonyl (C=O) groups excluding carboxylic acids is 1. The highest BCUT2D eigenvalue weighted by atomic mass is 19.1. The molecule has 0 aliphatic carbocycles. The number of anilines is 1. The molecule has 1 aromatic rings. The number of cyclic esters (lactones) is 1. The molecule has 0 radical (unpaired) electrons. The molecule has 1 saturated heterocycles. The number of aryl methyl sites for hydroxylation is 1. The van der Waals surface area contributed by atoms with E-state index < -0.39 is 6.09 Å². The van der Waals surface area contributed by atoms with E-state index in [1.165, 1.54) is 11.0 Å². The minimum absolute atomic E-state index is 0.300. The zero-order valence-corrected chi connectivity index (χ0v) is 8.50. The second kappa shape index (κ2) is 3.88. The predicted molar refractivity (Wildman–Crippen MR) is 54.4 cm³/mol. The van der Waals surface area contributed by atoms with Gasteiger partial charge in [0.05, 0.1) is 6.61 Å². The quantitative estimate of drug-likeness (QED) is 0.711. The number of hydrogen-bond acceptors (Lipinski definition) is 2. The fourth-order valence-corrected chi connectivity index (χ4v) is 1.54. The van der Waals surface area contributed by atoms with E-state index in [9.17, 15) is 9.18 Å². The van der Waals surface area contributed by atoms with Crippen LogP contribution in [0.4, 0.5) is 14.9 Å². The standard InChI is InChI=1S/C11H12FNO2/c1-8-3-4-9(7-10(8)12)13-5-2-6-15-11(13)14/h3-4,7H,2,5-6H2,1H3. The smallest absolute Gasteiger partial charge is 0.414 e. The van der Waals surface area contributed by atoms with Crippen molar-refractivity contribution >= 4 is 11.8 Å². The molecular weight excluding hydrogens is 197 g/mol. The van der Waals surface area contributed by atoms with Gasteiger partial charge >= 0.3 is 6.09 Å². The van der Waals surface area contributed by atoms with Crippen molar-refractivity contribution in [2.24, 2.45) is 0 Å². The minimum atomic E-state index is -0.399. The van der Waals surface area contributed by atoms with Crippen LogP contribution in [-0.4, -0.2) is 19.2 Å². The fraction of sp³-hybridized carbons (Fsp3) is 0.364. The number of carbonyl (C=O) groups is 1. The second-order valence-corrected chi connectivity index (χ2v) is 3.55. The fourth-order valence-electron chi connectivity index (χ4n) is 1.54. The largest absolute Gasteiger partial charge is 0.449 e. The van der Waals surface area contributed by atoms with E-state index in [1.54, 1.807) is 19.1 Å². The molecule has 0 saturated carbocycles. The van der Waals surface area contributed by atoms with Crippen LogP contribution in [0.1, 0.15) is 12.0 Å². The molecule has 0 aromatic heterocycles. The van der Waals surface area contributed by atoms with Crippen molar-refractivity contribution in [2.45, 2.75) is 13.3 Å². The van der Waals surface area contributed by atoms with Crippen molar-refractivity contribution in [1.29, 1.82) is 0 Å². The Morgan fingerprint density at radius 2 is 2.27 bits per heavy atom. The summed E-state index contributed by atoms with van der Waals surface area (Å²) < 4.78 is 18.2. The van der Waals surface area contributed by atoms with Crippen LogP contribution in [0.25, 0.3) is 0 Å². The molecule has 1 fully saturated rings. The van der Waals surface area contributed by atoms with Crippen LogP contribution in [-0.2, 0) is 4.74 Å². The number of ether oxygens (including phenoxy) is 1. The summed E-state index contributed by atoms with van der Waals surface area (Å²) in [6.07, 6.45) is 0.380. The van der Waals surface area contributed by atoms with Crippen molar-refractivity contribution in [3.05, 3.63) is 29.6 Å². The third-order valence-corrected chi connectivity index (χ3v) is 2.44. The third-order valence-electron chi connectivity index (χ3n) is 2.44. The second-order valence-electron chi connectivity index (χ2n) is 3.55. The molecule has 1 aliphatic rings. The molecule has 0 spiro atoms. The number of nitrogens with zero attached hydrogens (tertiary/aromatic N) is 1. The van der Waals surface area contributed by atoms with Gasteiger partial charge in [-0.2, -0.15) is 0 Å². The van der Waals surface area contributed by atoms with Gasteiger partial charge in [-0.25, -0.2) is 9.18 Å². The summed E-state index contributed by atoms with van der Waals surface area (Å²) in [5.74, 6) is -0.300. The molecule has 80 valence electrons. The van der Waals surface area contributed by atoms with Gasteiger partial charge in [0.2, 0.25) is 0 Å². The molecule has 1 aliphatic heterocycles. The lowest BCUT2D eigenvalue weighted by molar-refractivity contribution is 0.140. The monoisotopic (exact) mass is 209 g/mol. The normalized spacial score (nSPS) is 16.4. The summed E-state index contributed by atoms with van der Waals surface area (Å²) >= 11 is 0. The van der Waals surface area contributed by atoms with Crippen LogP contribution in [0, 0.1) is 12.7 Å². The van der Waals surface area contributed by atoms with Crippen LogP contribution < -0.4 is 4.90 Å². The Bertz CT molecular complexity index is 392. The number of amides is 1. The van der Waals surface area contributed by atoms with Gasteiger partial charge < -0.3 is 4.74 Å². The maximum Gasteiger partial charge on any atom is 0.414 e. The average Bonchev–Trinajstić information content (AvgIpc) is 2.23. The SMILES string of the molecule is Cc1ccc(N2CCCOC2=O)cc1F. The molecule has 4 heteroatoms. The molecule has 1 amide bonds. The lowest BCUT2D eigenvalue weighted by Gasteiger charge is -2.26. The Labute approximate surface area is 87.5 Å². The summed E-state index contributed by atoms with van der Waals surface area (Å²) in [5, 5.41) is 0. The van der Waals surface area contributed by atoms with Crippen molar-refractivity contribution in [3.8, 4) is 0 Å². The average molecular weight is 209 g/mol. The first kappa shape index (κ1) is 9.96. The summed E-state index contributed by atoms with van der Waals surface area (Å²) in [6.45, 7) is 2.72. The number of halogens is 1. The zero-order chi connectivity index (χ0) is 10.8. The summed E-state index contributed by atoms with van der Waals surface area (Å²) in [7, 11) is 0. The van der Waals surface area contributed by atoms with Gasteiger partial charge in [-0.05, 0) is 31.0 Å². The van der Waals surface area contributed by atoms with E-state index in [0.29, 0.717) is 24.4 Å². The molecule has 1 aromatic carbocycles. The Balaban J connectivity index is 2.28. The van der Waals surface area contributed by atoms with Crippen molar-refractivity contribution in [1.82, 2.24) is 0 Å². The van der Waals surface area contributed by atoms with Crippen molar-refractivity contribution in [2.75, 3.05) is 18.1 Å². The maximum absolute atomic E-state index is 13.3. The molecule has 2 rings (SSSR count). The van der Waals surface area contributed by atoms with E-state index in [0.717, 1.165) is 6.42 Å². The highest BCUT2D eigenvalue weighted by Crippen LogP contribution is 2.21. The molecule has 15 heavy (non-hydrogen) atoms. The lowest BCUT2D eigenvalue weighted by atomic mass is 10.2. The van der Waals surface area contributed by atoms with Crippen molar-refractivity contribution < 1.29 is 13.9 Å². The van der Waals surface area contributed by atoms with Gasteiger partial charge in [0, 0.05) is 12.2 Å². The summed E-state index contributed by atoms with van der Waals surface area (Å²) in [5.41, 5.74) is 1.13. The van der Waals surface area contributed by atoms with Gasteiger partial charge in [0.25, 0.3) is 0 Å². The molecule has 3 nitrogen and oxygen atoms in total. The highest BCUT2D eigenvalue weighted by Gasteiger charge is 2.21. The van der Waals surface area contributed by atoms with E-state index in [1.807, 2.05) is 0 Å². The Morgan fingerprint density at radius 3 is 2.93 bits per heavy atom. The van der Waals surface area contributed by atoms with Gasteiger partial charge in [-0.15, -0.1) is 0 Å². The van der Waals surface area contributed by atoms with E-state index in [2.05, 4.69) is 0 Å². The molecule has 1 heterocycles. The predicted octanol–water partition coefficient (Wildman–Crippen LogP) is 2.48. The zero-order valence-electron chi connectivity index (χ0n) is 8.50. The molecule has 0 bridgehead atoms. The Morgan fingerprint density at radius 1 is 1.47 bits per heavy atom. The minimum Gasteiger partial charge on any atom is -0.449 e. The summed E-state index contributed by atoms with van der Waals surface area (Å²) in [6, 6.07) is 4.75. The van der Waals surface area contributed by atoms with Crippen molar-refractivity contribution in [3.63, 3.8) is 0 Å². The highest BCUT2D eigenvalue weighted by molar-refractivity contribution is 5.88. The van der Waals surface area contributed by atoms with Crippen LogP contribution >= 0.6 is 0 Å². The molecule has 0 N–H and O–H groups in total. The summed E-state index contributed by atoms with van der Waals surface area (Å²) in [4.78, 5) is 12.8. The van der Waals surface area contributed by atoms with Crippen LogP contribution in [0.15, 0.2) is 18.2 Å². The lowest BCUT2D eigenvalue weighted by Crippen LogP contribution is -2.37. The van der Waals surface area contributed by atoms with Gasteiger partial charge in [0.1, 0.15) is 5.82 Å². The maximum atomic E-state index is 13.3. The Hall–Kier alpha value is -1.58. The van der Waals surface area contributed by atoms with Gasteiger partial charge in [-0.1, -0.05) is 6.07 Å². The first-order chi connectivity index (χ1) is 7.18. The van der Waals surface area contributed by atoms with E-state index in [4.69, 9.17) is 4.74 Å². The Kier molecular flexibility index (Phi) is 2.58. The first-order valence-electron chi connectivity index (χ1n) is 4.89.